The standard InChI is InChI=1S/C26H26Cl2N4O5/c1-3-37-25(35)18-8-6-12-30(14-18)23(33)22-24(34)31(15-17-7-4-5-9-20(17)27)26(36)32(29-22)19-11-10-16(2)21(28)13-19/h4-5,7,9-11,13,18H,3,6,8,12,14-15H2,1-2H3. The lowest BCUT2D eigenvalue weighted by atomic mass is 9.98. The van der Waals surface area contributed by atoms with Gasteiger partial charge in [-0.2, -0.15) is 9.78 Å². The number of hydrogen-bond acceptors (Lipinski definition) is 6. The van der Waals surface area contributed by atoms with Gasteiger partial charge in [0, 0.05) is 23.1 Å². The molecule has 1 fully saturated rings. The van der Waals surface area contributed by atoms with Crippen molar-refractivity contribution < 1.29 is 14.3 Å². The summed E-state index contributed by atoms with van der Waals surface area (Å²) < 4.78 is 7.04. The summed E-state index contributed by atoms with van der Waals surface area (Å²) in [7, 11) is 0. The Kier molecular flexibility index (Phi) is 8.14. The molecule has 1 unspecified atom stereocenters. The molecular weight excluding hydrogens is 519 g/mol. The van der Waals surface area contributed by atoms with Crippen molar-refractivity contribution in [3.05, 3.63) is 90.2 Å². The molecule has 2 heterocycles. The van der Waals surface area contributed by atoms with Gasteiger partial charge in [-0.15, -0.1) is 0 Å². The van der Waals surface area contributed by atoms with Crippen LogP contribution < -0.4 is 11.2 Å². The fraction of sp³-hybridized carbons (Fsp3) is 0.346. The molecule has 1 aromatic heterocycles. The van der Waals surface area contributed by atoms with Crippen molar-refractivity contribution in [2.45, 2.75) is 33.2 Å². The second-order valence-corrected chi connectivity index (χ2v) is 9.62. The van der Waals surface area contributed by atoms with Gasteiger partial charge in [0.05, 0.1) is 24.8 Å². The van der Waals surface area contributed by atoms with Crippen LogP contribution >= 0.6 is 23.2 Å². The van der Waals surface area contributed by atoms with Crippen LogP contribution in [0.1, 0.15) is 41.4 Å². The van der Waals surface area contributed by atoms with Crippen LogP contribution in [0.2, 0.25) is 10.0 Å². The fourth-order valence-electron chi connectivity index (χ4n) is 4.23. The van der Waals surface area contributed by atoms with E-state index in [9.17, 15) is 19.2 Å². The Morgan fingerprint density at radius 3 is 2.57 bits per heavy atom. The first kappa shape index (κ1) is 26.6. The summed E-state index contributed by atoms with van der Waals surface area (Å²) in [6, 6.07) is 11.7. The number of halogens is 2. The van der Waals surface area contributed by atoms with Crippen LogP contribution in [0.25, 0.3) is 5.69 Å². The average molecular weight is 545 g/mol. The molecule has 0 aliphatic carbocycles. The number of rotatable bonds is 6. The van der Waals surface area contributed by atoms with Crippen molar-refractivity contribution in [3.8, 4) is 5.69 Å². The predicted molar refractivity (Wildman–Crippen MR) is 140 cm³/mol. The minimum Gasteiger partial charge on any atom is -0.466 e. The highest BCUT2D eigenvalue weighted by Gasteiger charge is 2.32. The topological polar surface area (TPSA) is 104 Å². The van der Waals surface area contributed by atoms with Crippen molar-refractivity contribution in [1.82, 2.24) is 19.2 Å². The van der Waals surface area contributed by atoms with E-state index in [0.29, 0.717) is 40.7 Å². The second kappa shape index (κ2) is 11.3. The van der Waals surface area contributed by atoms with E-state index >= 15 is 0 Å². The van der Waals surface area contributed by atoms with E-state index in [4.69, 9.17) is 27.9 Å². The zero-order valence-electron chi connectivity index (χ0n) is 20.4. The highest BCUT2D eigenvalue weighted by atomic mass is 35.5. The summed E-state index contributed by atoms with van der Waals surface area (Å²) in [6.07, 6.45) is 1.14. The molecule has 1 atom stereocenters. The molecule has 0 radical (unpaired) electrons. The number of likely N-dealkylation sites (tertiary alicyclic amines) is 1. The zero-order chi connectivity index (χ0) is 26.7. The lowest BCUT2D eigenvalue weighted by Crippen LogP contribution is -2.49. The number of aryl methyl sites for hydroxylation is 1. The number of ether oxygens (including phenoxy) is 1. The van der Waals surface area contributed by atoms with Crippen LogP contribution in [-0.4, -0.2) is 50.8 Å². The van der Waals surface area contributed by atoms with Crippen LogP contribution in [0, 0.1) is 12.8 Å². The Morgan fingerprint density at radius 1 is 1.11 bits per heavy atom. The van der Waals surface area contributed by atoms with E-state index in [1.165, 1.54) is 4.90 Å². The molecule has 0 N–H and O–H groups in total. The first-order valence-electron chi connectivity index (χ1n) is 11.9. The van der Waals surface area contributed by atoms with E-state index in [1.807, 2.05) is 6.92 Å². The lowest BCUT2D eigenvalue weighted by Gasteiger charge is -2.31. The molecule has 0 bridgehead atoms. The van der Waals surface area contributed by atoms with Gasteiger partial charge in [-0.3, -0.25) is 19.0 Å². The van der Waals surface area contributed by atoms with Crippen molar-refractivity contribution in [2.24, 2.45) is 5.92 Å². The number of piperidine rings is 1. The molecule has 1 aliphatic rings. The molecule has 0 spiro atoms. The molecular formula is C26H26Cl2N4O5. The van der Waals surface area contributed by atoms with Gasteiger partial charge in [-0.1, -0.05) is 47.5 Å². The van der Waals surface area contributed by atoms with Gasteiger partial charge in [-0.05, 0) is 56.0 Å². The quantitative estimate of drug-likeness (QED) is 0.440. The first-order chi connectivity index (χ1) is 17.7. The van der Waals surface area contributed by atoms with Crippen LogP contribution in [-0.2, 0) is 16.1 Å². The largest absolute Gasteiger partial charge is 0.466 e. The average Bonchev–Trinajstić information content (AvgIpc) is 2.89. The summed E-state index contributed by atoms with van der Waals surface area (Å²) in [4.78, 5) is 54.2. The van der Waals surface area contributed by atoms with Crippen molar-refractivity contribution in [1.29, 1.82) is 0 Å². The molecule has 3 aromatic rings. The van der Waals surface area contributed by atoms with Gasteiger partial charge in [-0.25, -0.2) is 4.79 Å². The van der Waals surface area contributed by atoms with Gasteiger partial charge in [0.1, 0.15) is 0 Å². The minimum atomic E-state index is -0.845. The highest BCUT2D eigenvalue weighted by Crippen LogP contribution is 2.21. The highest BCUT2D eigenvalue weighted by molar-refractivity contribution is 6.31. The zero-order valence-corrected chi connectivity index (χ0v) is 22.0. The third kappa shape index (κ3) is 5.62. The SMILES string of the molecule is CCOC(=O)C1CCCN(C(=O)c2nn(-c3ccc(C)c(Cl)c3)c(=O)n(Cc3ccccc3Cl)c2=O)C1. The van der Waals surface area contributed by atoms with E-state index < -0.39 is 28.8 Å². The Morgan fingerprint density at radius 2 is 1.86 bits per heavy atom. The number of benzene rings is 2. The third-order valence-corrected chi connectivity index (χ3v) is 7.05. The molecule has 9 nitrogen and oxygen atoms in total. The fourth-order valence-corrected chi connectivity index (χ4v) is 4.60. The number of esters is 1. The van der Waals surface area contributed by atoms with Crippen LogP contribution in [0.15, 0.2) is 52.1 Å². The van der Waals surface area contributed by atoms with E-state index in [2.05, 4.69) is 5.10 Å². The monoisotopic (exact) mass is 544 g/mol. The lowest BCUT2D eigenvalue weighted by molar-refractivity contribution is -0.149. The Labute approximate surface area is 223 Å². The van der Waals surface area contributed by atoms with Gasteiger partial charge in [0.25, 0.3) is 11.5 Å². The number of carbonyl (C=O) groups excluding carboxylic acids is 2. The van der Waals surface area contributed by atoms with Crippen molar-refractivity contribution in [3.63, 3.8) is 0 Å². The summed E-state index contributed by atoms with van der Waals surface area (Å²) in [5.74, 6) is -1.55. The summed E-state index contributed by atoms with van der Waals surface area (Å²) in [5.41, 5.74) is -0.412. The Balaban J connectivity index is 1.82. The first-order valence-corrected chi connectivity index (χ1v) is 12.7. The van der Waals surface area contributed by atoms with Gasteiger partial charge in [0.15, 0.2) is 0 Å². The molecule has 4 rings (SSSR count). The maximum Gasteiger partial charge on any atom is 0.352 e. The summed E-state index contributed by atoms with van der Waals surface area (Å²) in [6.45, 7) is 4.04. The maximum absolute atomic E-state index is 13.6. The molecule has 1 aliphatic heterocycles. The van der Waals surface area contributed by atoms with E-state index in [0.717, 1.165) is 14.8 Å². The van der Waals surface area contributed by atoms with Crippen molar-refractivity contribution >= 4 is 35.1 Å². The molecule has 2 aromatic carbocycles. The van der Waals surface area contributed by atoms with Gasteiger partial charge >= 0.3 is 11.7 Å². The van der Waals surface area contributed by atoms with E-state index in [1.54, 1.807) is 49.4 Å². The summed E-state index contributed by atoms with van der Waals surface area (Å²) in [5, 5.41) is 4.96. The number of nitrogens with zero attached hydrogens (tertiary/aromatic N) is 4. The van der Waals surface area contributed by atoms with Crippen LogP contribution in [0.3, 0.4) is 0 Å². The molecule has 1 saturated heterocycles. The molecule has 194 valence electrons. The molecule has 37 heavy (non-hydrogen) atoms. The Hall–Kier alpha value is -3.43. The van der Waals surface area contributed by atoms with E-state index in [-0.39, 0.29) is 25.7 Å². The van der Waals surface area contributed by atoms with Crippen LogP contribution in [0.4, 0.5) is 0 Å². The number of hydrogen-bond donors (Lipinski definition) is 0. The Bertz CT molecular complexity index is 1470. The summed E-state index contributed by atoms with van der Waals surface area (Å²) >= 11 is 12.6. The smallest absolute Gasteiger partial charge is 0.352 e. The number of amides is 1. The number of carbonyl (C=O) groups is 2. The molecule has 1 amide bonds. The predicted octanol–water partition coefficient (Wildman–Crippen LogP) is 3.47. The van der Waals surface area contributed by atoms with Crippen LogP contribution in [0.5, 0.6) is 0 Å². The van der Waals surface area contributed by atoms with Crippen molar-refractivity contribution in [2.75, 3.05) is 19.7 Å². The molecule has 11 heteroatoms. The maximum atomic E-state index is 13.6. The molecule has 0 saturated carbocycles. The normalized spacial score (nSPS) is 15.5. The third-order valence-electron chi connectivity index (χ3n) is 6.28. The second-order valence-electron chi connectivity index (χ2n) is 8.80. The number of aromatic nitrogens is 3. The van der Waals surface area contributed by atoms with Gasteiger partial charge in [0.2, 0.25) is 5.69 Å². The minimum absolute atomic E-state index is 0.0960. The van der Waals surface area contributed by atoms with Gasteiger partial charge < -0.3 is 9.64 Å².